The Labute approximate surface area is 217 Å². The van der Waals surface area contributed by atoms with Crippen LogP contribution in [0.2, 0.25) is 5.04 Å². The first-order valence-corrected chi connectivity index (χ1v) is 14.7. The Bertz CT molecular complexity index is 1100. The van der Waals surface area contributed by atoms with Crippen molar-refractivity contribution in [3.8, 4) is 0 Å². The first-order chi connectivity index (χ1) is 17.0. The van der Waals surface area contributed by atoms with E-state index in [0.29, 0.717) is 13.2 Å². The van der Waals surface area contributed by atoms with E-state index in [1.807, 2.05) is 26.8 Å². The predicted octanol–water partition coefficient (Wildman–Crippen LogP) is 5.33. The summed E-state index contributed by atoms with van der Waals surface area (Å²) in [5.74, 6) is -0.158. The zero-order chi connectivity index (χ0) is 26.0. The van der Waals surface area contributed by atoms with Gasteiger partial charge >= 0.3 is 5.97 Å². The van der Waals surface area contributed by atoms with Gasteiger partial charge in [0.15, 0.2) is 0 Å². The van der Waals surface area contributed by atoms with Crippen LogP contribution in [0.1, 0.15) is 53.1 Å². The van der Waals surface area contributed by atoms with Crippen LogP contribution in [0.3, 0.4) is 0 Å². The molecular formula is C31H39NO3Si. The quantitative estimate of drug-likeness (QED) is 0.238. The third kappa shape index (κ3) is 5.64. The van der Waals surface area contributed by atoms with Gasteiger partial charge in [0.25, 0.3) is 8.32 Å². The standard InChI is InChI=1S/C31H39NO3Si/c1-30(2,3)35-29(33)27-22-32(27)28(24-16-10-7-11-17-24)23-34-36(31(4,5)6,25-18-12-8-13-19-25)26-20-14-9-15-21-26/h7-21,27-28H,22-23H2,1-6H3/t27?,28-,32?/m0/s1. The number of benzene rings is 3. The summed E-state index contributed by atoms with van der Waals surface area (Å²) < 4.78 is 13.0. The maximum absolute atomic E-state index is 12.9. The summed E-state index contributed by atoms with van der Waals surface area (Å²) in [6.45, 7) is 13.8. The van der Waals surface area contributed by atoms with Crippen molar-refractivity contribution in [2.75, 3.05) is 13.2 Å². The molecule has 1 aliphatic heterocycles. The number of carbonyl (C=O) groups is 1. The number of hydrogen-bond acceptors (Lipinski definition) is 4. The monoisotopic (exact) mass is 501 g/mol. The highest BCUT2D eigenvalue weighted by Crippen LogP contribution is 2.40. The van der Waals surface area contributed by atoms with Crippen LogP contribution in [-0.2, 0) is 14.0 Å². The zero-order valence-corrected chi connectivity index (χ0v) is 23.4. The van der Waals surface area contributed by atoms with E-state index in [4.69, 9.17) is 9.16 Å². The maximum atomic E-state index is 12.9. The van der Waals surface area contributed by atoms with Crippen molar-refractivity contribution in [1.29, 1.82) is 0 Å². The molecule has 0 N–H and O–H groups in total. The molecule has 0 radical (unpaired) electrons. The van der Waals surface area contributed by atoms with Crippen molar-refractivity contribution < 1.29 is 14.0 Å². The highest BCUT2D eigenvalue weighted by atomic mass is 28.4. The molecule has 1 fully saturated rings. The molecule has 0 saturated carbocycles. The average Bonchev–Trinajstić information content (AvgIpc) is 3.63. The molecule has 1 saturated heterocycles. The summed E-state index contributed by atoms with van der Waals surface area (Å²) in [4.78, 5) is 15.1. The number of nitrogens with zero attached hydrogens (tertiary/aromatic N) is 1. The Morgan fingerprint density at radius 1 is 0.833 bits per heavy atom. The van der Waals surface area contributed by atoms with Crippen molar-refractivity contribution in [1.82, 2.24) is 4.90 Å². The molecular weight excluding hydrogens is 462 g/mol. The fraction of sp³-hybridized carbons (Fsp3) is 0.387. The summed E-state index contributed by atoms with van der Waals surface area (Å²) >= 11 is 0. The van der Waals surface area contributed by atoms with Gasteiger partial charge in [0.05, 0.1) is 12.6 Å². The zero-order valence-electron chi connectivity index (χ0n) is 22.4. The fourth-order valence-electron chi connectivity index (χ4n) is 5.10. The lowest BCUT2D eigenvalue weighted by atomic mass is 10.1. The molecule has 4 nitrogen and oxygen atoms in total. The number of hydrogen-bond donors (Lipinski definition) is 0. The highest BCUT2D eigenvalue weighted by Gasteiger charge is 2.52. The van der Waals surface area contributed by atoms with E-state index < -0.39 is 13.9 Å². The van der Waals surface area contributed by atoms with Gasteiger partial charge < -0.3 is 9.16 Å². The molecule has 0 amide bonds. The van der Waals surface area contributed by atoms with Crippen LogP contribution < -0.4 is 10.4 Å². The van der Waals surface area contributed by atoms with Crippen LogP contribution in [0.25, 0.3) is 0 Å². The van der Waals surface area contributed by atoms with Crippen LogP contribution in [-0.4, -0.2) is 44.0 Å². The molecule has 0 bridgehead atoms. The first-order valence-electron chi connectivity index (χ1n) is 12.8. The lowest BCUT2D eigenvalue weighted by molar-refractivity contribution is -0.155. The van der Waals surface area contributed by atoms with Crippen LogP contribution in [0.15, 0.2) is 91.0 Å². The van der Waals surface area contributed by atoms with Gasteiger partial charge in [-0.25, -0.2) is 0 Å². The van der Waals surface area contributed by atoms with Gasteiger partial charge in [-0.1, -0.05) is 112 Å². The third-order valence-electron chi connectivity index (χ3n) is 6.79. The van der Waals surface area contributed by atoms with Crippen molar-refractivity contribution in [2.24, 2.45) is 0 Å². The van der Waals surface area contributed by atoms with Gasteiger partial charge in [0.1, 0.15) is 11.6 Å². The van der Waals surface area contributed by atoms with Gasteiger partial charge in [-0.05, 0) is 41.7 Å². The fourth-order valence-corrected chi connectivity index (χ4v) is 9.66. The van der Waals surface area contributed by atoms with Gasteiger partial charge in [0, 0.05) is 6.54 Å². The molecule has 190 valence electrons. The van der Waals surface area contributed by atoms with Gasteiger partial charge in [-0.2, -0.15) is 0 Å². The Morgan fingerprint density at radius 2 is 1.31 bits per heavy atom. The molecule has 5 heteroatoms. The Balaban J connectivity index is 1.70. The normalized spacial score (nSPS) is 18.9. The maximum Gasteiger partial charge on any atom is 0.325 e. The molecule has 4 rings (SSSR count). The minimum absolute atomic E-state index is 0.0367. The number of ether oxygens (including phenoxy) is 1. The Morgan fingerprint density at radius 3 is 1.75 bits per heavy atom. The van der Waals surface area contributed by atoms with E-state index in [1.165, 1.54) is 10.4 Å². The first kappa shape index (κ1) is 26.3. The smallest absolute Gasteiger partial charge is 0.325 e. The summed E-state index contributed by atoms with van der Waals surface area (Å²) in [6, 6.07) is 31.5. The minimum atomic E-state index is -2.69. The Kier molecular flexibility index (Phi) is 7.55. The van der Waals surface area contributed by atoms with Crippen LogP contribution in [0.5, 0.6) is 0 Å². The summed E-state index contributed by atoms with van der Waals surface area (Å²) in [5.41, 5.74) is 0.653. The second-order valence-corrected chi connectivity index (χ2v) is 16.0. The summed E-state index contributed by atoms with van der Waals surface area (Å²) in [5, 5.41) is 2.40. The molecule has 2 unspecified atom stereocenters. The molecule has 1 aliphatic rings. The van der Waals surface area contributed by atoms with E-state index in [9.17, 15) is 4.79 Å². The largest absolute Gasteiger partial charge is 0.459 e. The molecule has 3 aromatic carbocycles. The minimum Gasteiger partial charge on any atom is -0.459 e. The van der Waals surface area contributed by atoms with E-state index >= 15 is 0 Å². The lowest BCUT2D eigenvalue weighted by Crippen LogP contribution is -2.67. The average molecular weight is 502 g/mol. The predicted molar refractivity (Wildman–Crippen MR) is 149 cm³/mol. The van der Waals surface area contributed by atoms with Crippen molar-refractivity contribution in [3.63, 3.8) is 0 Å². The van der Waals surface area contributed by atoms with E-state index in [0.717, 1.165) is 5.56 Å². The molecule has 36 heavy (non-hydrogen) atoms. The SMILES string of the molecule is CC(C)(C)OC(=O)C1CN1[C@@H](CO[Si](c1ccccc1)(c1ccccc1)C(C)(C)C)c1ccccc1. The summed E-state index contributed by atoms with van der Waals surface area (Å²) in [7, 11) is -2.69. The van der Waals surface area contributed by atoms with Crippen LogP contribution in [0, 0.1) is 0 Å². The van der Waals surface area contributed by atoms with Crippen molar-refractivity contribution in [2.45, 2.75) is 64.3 Å². The second-order valence-electron chi connectivity index (χ2n) is 11.6. The molecule has 0 aromatic heterocycles. The van der Waals surface area contributed by atoms with Crippen LogP contribution in [0.4, 0.5) is 0 Å². The van der Waals surface area contributed by atoms with E-state index in [1.54, 1.807) is 0 Å². The lowest BCUT2D eigenvalue weighted by Gasteiger charge is -2.44. The van der Waals surface area contributed by atoms with Gasteiger partial charge in [0.2, 0.25) is 0 Å². The molecule has 0 spiro atoms. The molecule has 0 aliphatic carbocycles. The van der Waals surface area contributed by atoms with Gasteiger partial charge in [-0.3, -0.25) is 9.69 Å². The highest BCUT2D eigenvalue weighted by molar-refractivity contribution is 6.99. The van der Waals surface area contributed by atoms with Crippen molar-refractivity contribution in [3.05, 3.63) is 96.6 Å². The van der Waals surface area contributed by atoms with Gasteiger partial charge in [-0.15, -0.1) is 0 Å². The number of rotatable bonds is 8. The van der Waals surface area contributed by atoms with Crippen molar-refractivity contribution >= 4 is 24.7 Å². The number of carbonyl (C=O) groups excluding carboxylic acids is 1. The summed E-state index contributed by atoms with van der Waals surface area (Å²) in [6.07, 6.45) is 0. The number of esters is 1. The Hall–Kier alpha value is -2.73. The molecule has 1 heterocycles. The molecule has 3 aromatic rings. The van der Waals surface area contributed by atoms with E-state index in [-0.39, 0.29) is 23.1 Å². The third-order valence-corrected chi connectivity index (χ3v) is 11.8. The van der Waals surface area contributed by atoms with Crippen LogP contribution >= 0.6 is 0 Å². The molecule has 3 atom stereocenters. The van der Waals surface area contributed by atoms with E-state index in [2.05, 4.69) is 111 Å². The topological polar surface area (TPSA) is 38.5 Å². The second kappa shape index (κ2) is 10.3.